The van der Waals surface area contributed by atoms with Crippen LogP contribution < -0.4 is 0 Å². The smallest absolute Gasteiger partial charge is 0.195 e. The molecule has 2 aromatic rings. The van der Waals surface area contributed by atoms with Gasteiger partial charge >= 0.3 is 0 Å². The quantitative estimate of drug-likeness (QED) is 0.766. The molecule has 16 heavy (non-hydrogen) atoms. The van der Waals surface area contributed by atoms with Gasteiger partial charge in [0.2, 0.25) is 0 Å². The summed E-state index contributed by atoms with van der Waals surface area (Å²) in [7, 11) is 2.11. The summed E-state index contributed by atoms with van der Waals surface area (Å²) in [6.07, 6.45) is 6.45. The Hall–Kier alpha value is -1.75. The predicted octanol–water partition coefficient (Wildman–Crippen LogP) is 0.855. The molecule has 0 aliphatic carbocycles. The van der Waals surface area contributed by atoms with E-state index in [2.05, 4.69) is 31.9 Å². The van der Waals surface area contributed by atoms with E-state index in [-0.39, 0.29) is 0 Å². The summed E-state index contributed by atoms with van der Waals surface area (Å²) < 4.78 is 0. The fourth-order valence-electron chi connectivity index (χ4n) is 1.94. The lowest BCUT2D eigenvalue weighted by molar-refractivity contribution is 0.307. The third-order valence-corrected chi connectivity index (χ3v) is 2.85. The van der Waals surface area contributed by atoms with Gasteiger partial charge in [0.05, 0.1) is 5.69 Å². The first kappa shape index (κ1) is 9.47. The zero-order valence-corrected chi connectivity index (χ0v) is 9.14. The van der Waals surface area contributed by atoms with E-state index in [9.17, 15) is 0 Å². The first-order valence-electron chi connectivity index (χ1n) is 5.36. The van der Waals surface area contributed by atoms with Crippen LogP contribution in [0.2, 0.25) is 0 Å². The normalized spacial score (nSPS) is 16.1. The van der Waals surface area contributed by atoms with Gasteiger partial charge in [0.25, 0.3) is 0 Å². The fraction of sp³-hybridized carbons (Fsp3) is 0.364. The number of hydrogen-bond acceptors (Lipinski definition) is 4. The molecule has 0 fully saturated rings. The highest BCUT2D eigenvalue weighted by Gasteiger charge is 2.16. The molecule has 0 spiro atoms. The average molecular weight is 215 g/mol. The van der Waals surface area contributed by atoms with Gasteiger partial charge in [0.1, 0.15) is 0 Å². The van der Waals surface area contributed by atoms with Crippen LogP contribution in [-0.4, -0.2) is 38.4 Å². The summed E-state index contributed by atoms with van der Waals surface area (Å²) in [6.45, 7) is 1.97. The number of imidazole rings is 1. The SMILES string of the molecule is CN1CCc2cnc(-c3ncc[nH]3)nc2C1. The largest absolute Gasteiger partial charge is 0.342 e. The Morgan fingerprint density at radius 1 is 1.38 bits per heavy atom. The minimum Gasteiger partial charge on any atom is -0.342 e. The minimum atomic E-state index is 0.680. The Morgan fingerprint density at radius 3 is 3.12 bits per heavy atom. The third-order valence-electron chi connectivity index (χ3n) is 2.85. The van der Waals surface area contributed by atoms with E-state index in [1.165, 1.54) is 5.56 Å². The molecular formula is C11H13N5. The molecule has 0 bridgehead atoms. The van der Waals surface area contributed by atoms with Crippen molar-refractivity contribution in [2.75, 3.05) is 13.6 Å². The van der Waals surface area contributed by atoms with Gasteiger partial charge in [-0.05, 0) is 19.0 Å². The molecule has 0 saturated carbocycles. The molecule has 0 saturated heterocycles. The minimum absolute atomic E-state index is 0.680. The molecule has 5 nitrogen and oxygen atoms in total. The molecule has 3 heterocycles. The molecule has 0 atom stereocenters. The number of likely N-dealkylation sites (N-methyl/N-ethyl adjacent to an activating group) is 1. The molecule has 0 amide bonds. The van der Waals surface area contributed by atoms with Gasteiger partial charge in [0, 0.05) is 31.7 Å². The van der Waals surface area contributed by atoms with Crippen molar-refractivity contribution in [1.82, 2.24) is 24.8 Å². The van der Waals surface area contributed by atoms with Gasteiger partial charge in [-0.1, -0.05) is 0 Å². The average Bonchev–Trinajstić information content (AvgIpc) is 2.81. The van der Waals surface area contributed by atoms with E-state index < -0.39 is 0 Å². The van der Waals surface area contributed by atoms with Crippen molar-refractivity contribution in [3.8, 4) is 11.6 Å². The Balaban J connectivity index is 2.01. The van der Waals surface area contributed by atoms with Crippen molar-refractivity contribution in [3.05, 3.63) is 29.8 Å². The Kier molecular flexibility index (Phi) is 2.18. The number of nitrogens with zero attached hydrogens (tertiary/aromatic N) is 4. The van der Waals surface area contributed by atoms with Gasteiger partial charge in [-0.25, -0.2) is 15.0 Å². The Morgan fingerprint density at radius 2 is 2.31 bits per heavy atom. The second-order valence-corrected chi connectivity index (χ2v) is 4.09. The topological polar surface area (TPSA) is 57.7 Å². The van der Waals surface area contributed by atoms with Crippen LogP contribution in [-0.2, 0) is 13.0 Å². The summed E-state index contributed by atoms with van der Waals surface area (Å²) in [4.78, 5) is 18.3. The highest BCUT2D eigenvalue weighted by molar-refractivity contribution is 5.43. The van der Waals surface area contributed by atoms with E-state index in [0.717, 1.165) is 31.0 Å². The predicted molar refractivity (Wildman–Crippen MR) is 59.7 cm³/mol. The third kappa shape index (κ3) is 1.59. The first-order valence-corrected chi connectivity index (χ1v) is 5.36. The number of hydrogen-bond donors (Lipinski definition) is 1. The van der Waals surface area contributed by atoms with E-state index in [4.69, 9.17) is 0 Å². The van der Waals surface area contributed by atoms with Crippen molar-refractivity contribution in [1.29, 1.82) is 0 Å². The lowest BCUT2D eigenvalue weighted by Gasteiger charge is -2.23. The van der Waals surface area contributed by atoms with Crippen LogP contribution in [0.25, 0.3) is 11.6 Å². The van der Waals surface area contributed by atoms with Crippen LogP contribution in [0, 0.1) is 0 Å². The van der Waals surface area contributed by atoms with E-state index in [1.807, 2.05) is 6.20 Å². The number of nitrogens with one attached hydrogen (secondary N) is 1. The van der Waals surface area contributed by atoms with Crippen molar-refractivity contribution in [3.63, 3.8) is 0 Å². The number of aromatic nitrogens is 4. The van der Waals surface area contributed by atoms with Crippen LogP contribution in [0.4, 0.5) is 0 Å². The van der Waals surface area contributed by atoms with Crippen LogP contribution in [0.1, 0.15) is 11.3 Å². The number of rotatable bonds is 1. The van der Waals surface area contributed by atoms with Gasteiger partial charge in [-0.15, -0.1) is 0 Å². The van der Waals surface area contributed by atoms with Crippen LogP contribution in [0.3, 0.4) is 0 Å². The van der Waals surface area contributed by atoms with Crippen molar-refractivity contribution < 1.29 is 0 Å². The molecule has 0 aromatic carbocycles. The maximum Gasteiger partial charge on any atom is 0.195 e. The molecule has 1 N–H and O–H groups in total. The van der Waals surface area contributed by atoms with Crippen molar-refractivity contribution in [2.24, 2.45) is 0 Å². The number of aromatic amines is 1. The second kappa shape index (κ2) is 3.68. The summed E-state index contributed by atoms with van der Waals surface area (Å²) in [5.41, 5.74) is 2.38. The number of H-pyrrole nitrogens is 1. The Bertz CT molecular complexity index is 491. The summed E-state index contributed by atoms with van der Waals surface area (Å²) in [5, 5.41) is 0. The zero-order chi connectivity index (χ0) is 11.0. The maximum atomic E-state index is 4.56. The molecule has 1 aliphatic rings. The molecule has 5 heteroatoms. The first-order chi connectivity index (χ1) is 7.83. The lowest BCUT2D eigenvalue weighted by atomic mass is 10.1. The molecule has 82 valence electrons. The summed E-state index contributed by atoms with van der Waals surface area (Å²) >= 11 is 0. The van der Waals surface area contributed by atoms with E-state index in [1.54, 1.807) is 12.4 Å². The highest BCUT2D eigenvalue weighted by Crippen LogP contribution is 2.17. The van der Waals surface area contributed by atoms with Crippen LogP contribution in [0.15, 0.2) is 18.6 Å². The summed E-state index contributed by atoms with van der Waals surface area (Å²) in [6, 6.07) is 0. The van der Waals surface area contributed by atoms with Gasteiger partial charge < -0.3 is 9.88 Å². The standard InChI is InChI=1S/C11H13N5/c1-16-5-2-8-6-14-11(15-9(8)7-16)10-12-3-4-13-10/h3-4,6H,2,5,7H2,1H3,(H,12,13). The van der Waals surface area contributed by atoms with Crippen LogP contribution >= 0.6 is 0 Å². The van der Waals surface area contributed by atoms with Crippen molar-refractivity contribution in [2.45, 2.75) is 13.0 Å². The maximum absolute atomic E-state index is 4.56. The lowest BCUT2D eigenvalue weighted by Crippen LogP contribution is -2.27. The van der Waals surface area contributed by atoms with Gasteiger partial charge in [0.15, 0.2) is 11.6 Å². The van der Waals surface area contributed by atoms with Gasteiger partial charge in [-0.2, -0.15) is 0 Å². The fourth-order valence-corrected chi connectivity index (χ4v) is 1.94. The molecule has 2 aromatic heterocycles. The van der Waals surface area contributed by atoms with Crippen molar-refractivity contribution >= 4 is 0 Å². The van der Waals surface area contributed by atoms with E-state index in [0.29, 0.717) is 5.82 Å². The molecule has 3 rings (SSSR count). The summed E-state index contributed by atoms with van der Waals surface area (Å²) in [5.74, 6) is 1.41. The zero-order valence-electron chi connectivity index (χ0n) is 9.14. The van der Waals surface area contributed by atoms with Crippen LogP contribution in [0.5, 0.6) is 0 Å². The molecule has 1 aliphatic heterocycles. The van der Waals surface area contributed by atoms with Gasteiger partial charge in [-0.3, -0.25) is 0 Å². The monoisotopic (exact) mass is 215 g/mol. The molecular weight excluding hydrogens is 202 g/mol. The van der Waals surface area contributed by atoms with E-state index >= 15 is 0 Å². The molecule has 0 radical (unpaired) electrons. The molecule has 0 unspecified atom stereocenters. The highest BCUT2D eigenvalue weighted by atomic mass is 15.1. The second-order valence-electron chi connectivity index (χ2n) is 4.09. The number of fused-ring (bicyclic) bond motifs is 1. The Labute approximate surface area is 93.6 Å².